The predicted molar refractivity (Wildman–Crippen MR) is 73.4 cm³/mol. The maximum absolute atomic E-state index is 11.8. The van der Waals surface area contributed by atoms with Crippen LogP contribution in [0.5, 0.6) is 0 Å². The number of aliphatic hydroxyl groups is 1. The first-order chi connectivity index (χ1) is 9.19. The van der Waals surface area contributed by atoms with E-state index >= 15 is 0 Å². The molecule has 2 N–H and O–H groups in total. The highest BCUT2D eigenvalue weighted by molar-refractivity contribution is 5.74. The second-order valence-electron chi connectivity index (χ2n) is 4.74. The van der Waals surface area contributed by atoms with E-state index in [0.29, 0.717) is 12.6 Å². The predicted octanol–water partition coefficient (Wildman–Crippen LogP) is 1.33. The third-order valence-corrected chi connectivity index (χ3v) is 2.94. The summed E-state index contributed by atoms with van der Waals surface area (Å²) in [5.41, 5.74) is 1.92. The van der Waals surface area contributed by atoms with E-state index in [-0.39, 0.29) is 12.6 Å². The molecular weight excluding hydrogens is 240 g/mol. The molecular formula is C15H18N2O2. The van der Waals surface area contributed by atoms with E-state index in [9.17, 15) is 4.79 Å². The van der Waals surface area contributed by atoms with Crippen molar-refractivity contribution in [2.45, 2.75) is 25.4 Å². The summed E-state index contributed by atoms with van der Waals surface area (Å²) in [6.45, 7) is 0.443. The van der Waals surface area contributed by atoms with Gasteiger partial charge in [0, 0.05) is 25.2 Å². The van der Waals surface area contributed by atoms with Crippen LogP contribution in [0.3, 0.4) is 0 Å². The number of hydrogen-bond acceptors (Lipinski definition) is 2. The van der Waals surface area contributed by atoms with E-state index in [2.05, 4.69) is 17.2 Å². The second-order valence-corrected chi connectivity index (χ2v) is 4.74. The minimum atomic E-state index is -0.133. The number of aliphatic hydroxyl groups excluding tert-OH is 1. The van der Waals surface area contributed by atoms with Crippen molar-refractivity contribution in [1.29, 1.82) is 0 Å². The van der Waals surface area contributed by atoms with Crippen LogP contribution in [-0.4, -0.2) is 35.7 Å². The van der Waals surface area contributed by atoms with Crippen LogP contribution in [0.2, 0.25) is 0 Å². The molecule has 2 rings (SSSR count). The Kier molecular flexibility index (Phi) is 4.43. The lowest BCUT2D eigenvalue weighted by atomic mass is 10.1. The van der Waals surface area contributed by atoms with E-state index in [1.807, 2.05) is 24.3 Å². The van der Waals surface area contributed by atoms with Crippen molar-refractivity contribution < 1.29 is 9.90 Å². The number of nitrogens with zero attached hydrogens (tertiary/aromatic N) is 1. The van der Waals surface area contributed by atoms with Gasteiger partial charge in [-0.1, -0.05) is 24.0 Å². The van der Waals surface area contributed by atoms with Gasteiger partial charge in [-0.3, -0.25) is 0 Å². The lowest BCUT2D eigenvalue weighted by molar-refractivity contribution is 0.206. The molecule has 0 spiro atoms. The molecule has 4 heteroatoms. The van der Waals surface area contributed by atoms with Crippen LogP contribution < -0.4 is 5.32 Å². The molecule has 100 valence electrons. The van der Waals surface area contributed by atoms with Gasteiger partial charge in [-0.05, 0) is 30.5 Å². The Balaban J connectivity index is 1.89. The van der Waals surface area contributed by atoms with Gasteiger partial charge in [-0.15, -0.1) is 0 Å². The Morgan fingerprint density at radius 2 is 2.11 bits per heavy atom. The van der Waals surface area contributed by atoms with Gasteiger partial charge < -0.3 is 15.3 Å². The fraction of sp³-hybridized carbons (Fsp3) is 0.400. The molecule has 0 unspecified atom stereocenters. The zero-order valence-electron chi connectivity index (χ0n) is 11.0. The monoisotopic (exact) mass is 258 g/mol. The lowest BCUT2D eigenvalue weighted by Gasteiger charge is -2.17. The fourth-order valence-corrected chi connectivity index (χ4v) is 1.69. The molecule has 0 bridgehead atoms. The zero-order chi connectivity index (χ0) is 13.7. The van der Waals surface area contributed by atoms with Crippen molar-refractivity contribution in [1.82, 2.24) is 10.2 Å². The van der Waals surface area contributed by atoms with E-state index in [4.69, 9.17) is 5.11 Å². The molecule has 0 saturated heterocycles. The van der Waals surface area contributed by atoms with Crippen molar-refractivity contribution in [3.05, 3.63) is 35.4 Å². The van der Waals surface area contributed by atoms with Gasteiger partial charge in [-0.2, -0.15) is 0 Å². The molecule has 4 nitrogen and oxygen atoms in total. The molecule has 2 amide bonds. The van der Waals surface area contributed by atoms with Crippen LogP contribution in [0.4, 0.5) is 4.79 Å². The summed E-state index contributed by atoms with van der Waals surface area (Å²) in [5, 5.41) is 11.6. The van der Waals surface area contributed by atoms with Crippen LogP contribution in [-0.2, 0) is 6.54 Å². The Hall–Kier alpha value is -1.99. The van der Waals surface area contributed by atoms with Crippen molar-refractivity contribution in [2.24, 2.45) is 0 Å². The highest BCUT2D eigenvalue weighted by atomic mass is 16.2. The molecule has 0 aliphatic heterocycles. The molecule has 1 aromatic carbocycles. The first-order valence-electron chi connectivity index (χ1n) is 6.39. The number of carbonyl (C=O) groups is 1. The molecule has 1 fully saturated rings. The van der Waals surface area contributed by atoms with Gasteiger partial charge >= 0.3 is 6.03 Å². The van der Waals surface area contributed by atoms with Crippen molar-refractivity contribution >= 4 is 6.03 Å². The summed E-state index contributed by atoms with van der Waals surface area (Å²) in [5.74, 6) is 5.44. The second kappa shape index (κ2) is 6.26. The number of nitrogens with one attached hydrogen (secondary N) is 1. The van der Waals surface area contributed by atoms with E-state index in [1.54, 1.807) is 11.9 Å². The largest absolute Gasteiger partial charge is 0.384 e. The van der Waals surface area contributed by atoms with Gasteiger partial charge in [0.05, 0.1) is 0 Å². The maximum atomic E-state index is 11.8. The number of hydrogen-bond donors (Lipinski definition) is 2. The summed E-state index contributed by atoms with van der Waals surface area (Å²) in [4.78, 5) is 13.4. The quantitative estimate of drug-likeness (QED) is 0.804. The number of amides is 2. The molecule has 1 aliphatic carbocycles. The summed E-state index contributed by atoms with van der Waals surface area (Å²) in [6.07, 6.45) is 2.19. The highest BCUT2D eigenvalue weighted by Gasteiger charge is 2.24. The third-order valence-electron chi connectivity index (χ3n) is 2.94. The summed E-state index contributed by atoms with van der Waals surface area (Å²) in [6, 6.07) is 8.04. The Bertz CT molecular complexity index is 495. The average molecular weight is 258 g/mol. The topological polar surface area (TPSA) is 52.6 Å². The SMILES string of the molecule is CN(Cc1ccc(C#CCO)cc1)C(=O)NC1CC1. The van der Waals surface area contributed by atoms with E-state index < -0.39 is 0 Å². The van der Waals surface area contributed by atoms with Gasteiger partial charge in [0.15, 0.2) is 0 Å². The Labute approximate surface area is 113 Å². The van der Waals surface area contributed by atoms with Crippen molar-refractivity contribution in [3.63, 3.8) is 0 Å². The number of urea groups is 1. The number of benzene rings is 1. The van der Waals surface area contributed by atoms with Crippen LogP contribution in [0, 0.1) is 11.8 Å². The fourth-order valence-electron chi connectivity index (χ4n) is 1.69. The summed E-state index contributed by atoms with van der Waals surface area (Å²) >= 11 is 0. The minimum absolute atomic E-state index is 0.0216. The van der Waals surface area contributed by atoms with Crippen molar-refractivity contribution in [3.8, 4) is 11.8 Å². The van der Waals surface area contributed by atoms with Crippen LogP contribution in [0.25, 0.3) is 0 Å². The molecule has 1 aliphatic rings. The number of rotatable bonds is 3. The molecule has 0 aromatic heterocycles. The van der Waals surface area contributed by atoms with Crippen LogP contribution in [0.1, 0.15) is 24.0 Å². The first-order valence-corrected chi connectivity index (χ1v) is 6.39. The molecule has 1 aromatic rings. The molecule has 0 atom stereocenters. The van der Waals surface area contributed by atoms with E-state index in [1.165, 1.54) is 0 Å². The zero-order valence-corrected chi connectivity index (χ0v) is 11.0. The molecule has 19 heavy (non-hydrogen) atoms. The Morgan fingerprint density at radius 1 is 1.42 bits per heavy atom. The molecule has 1 saturated carbocycles. The first kappa shape index (κ1) is 13.4. The summed E-state index contributed by atoms with van der Waals surface area (Å²) in [7, 11) is 1.79. The van der Waals surface area contributed by atoms with Crippen LogP contribution in [0.15, 0.2) is 24.3 Å². The molecule has 0 heterocycles. The molecule has 0 radical (unpaired) electrons. The minimum Gasteiger partial charge on any atom is -0.384 e. The van der Waals surface area contributed by atoms with Crippen LogP contribution >= 0.6 is 0 Å². The smallest absolute Gasteiger partial charge is 0.317 e. The van der Waals surface area contributed by atoms with Gasteiger partial charge in [-0.25, -0.2) is 4.79 Å². The lowest BCUT2D eigenvalue weighted by Crippen LogP contribution is -2.37. The Morgan fingerprint density at radius 3 is 2.68 bits per heavy atom. The average Bonchev–Trinajstić information content (AvgIpc) is 3.22. The number of carbonyl (C=O) groups excluding carboxylic acids is 1. The van der Waals surface area contributed by atoms with Gasteiger partial charge in [0.1, 0.15) is 6.61 Å². The third kappa shape index (κ3) is 4.31. The van der Waals surface area contributed by atoms with Crippen molar-refractivity contribution in [2.75, 3.05) is 13.7 Å². The van der Waals surface area contributed by atoms with E-state index in [0.717, 1.165) is 24.0 Å². The normalized spacial score (nSPS) is 13.4. The maximum Gasteiger partial charge on any atom is 0.317 e. The standard InChI is InChI=1S/C15H18N2O2/c1-17(15(19)16-14-8-9-14)11-13-6-4-12(5-7-13)3-2-10-18/h4-7,14,18H,8-11H2,1H3,(H,16,19). The van der Waals surface area contributed by atoms with Gasteiger partial charge in [0.2, 0.25) is 0 Å². The van der Waals surface area contributed by atoms with Gasteiger partial charge in [0.25, 0.3) is 0 Å². The highest BCUT2D eigenvalue weighted by Crippen LogP contribution is 2.19. The summed E-state index contributed by atoms with van der Waals surface area (Å²) < 4.78 is 0.